The SMILES string of the molecule is CS(=O)(=O)NC1=CCNC1=O. The fraction of sp³-hybridized carbons (Fsp3) is 0.400. The number of carbonyl (C=O) groups excluding carboxylic acids is 1. The molecule has 0 atom stereocenters. The Labute approximate surface area is 64.5 Å². The van der Waals surface area contributed by atoms with Crippen LogP contribution in [0.1, 0.15) is 0 Å². The van der Waals surface area contributed by atoms with Gasteiger partial charge >= 0.3 is 0 Å². The smallest absolute Gasteiger partial charge is 0.268 e. The summed E-state index contributed by atoms with van der Waals surface area (Å²) in [7, 11) is -3.32. The lowest BCUT2D eigenvalue weighted by molar-refractivity contribution is -0.116. The van der Waals surface area contributed by atoms with Gasteiger partial charge in [-0.1, -0.05) is 0 Å². The first-order chi connectivity index (χ1) is 4.99. The summed E-state index contributed by atoms with van der Waals surface area (Å²) in [6, 6.07) is 0. The molecule has 1 amide bonds. The van der Waals surface area contributed by atoms with Crippen LogP contribution in [0.4, 0.5) is 0 Å². The summed E-state index contributed by atoms with van der Waals surface area (Å²) in [5, 5.41) is 2.43. The largest absolute Gasteiger partial charge is 0.347 e. The predicted octanol–water partition coefficient (Wildman–Crippen LogP) is -1.45. The van der Waals surface area contributed by atoms with E-state index in [1.54, 1.807) is 0 Å². The van der Waals surface area contributed by atoms with E-state index >= 15 is 0 Å². The molecule has 62 valence electrons. The second kappa shape index (κ2) is 2.54. The average molecular weight is 176 g/mol. The van der Waals surface area contributed by atoms with Crippen LogP contribution in [0.3, 0.4) is 0 Å². The zero-order valence-corrected chi connectivity index (χ0v) is 6.73. The number of nitrogens with one attached hydrogen (secondary N) is 2. The molecular formula is C5H8N2O3S. The molecule has 0 saturated carbocycles. The van der Waals surface area contributed by atoms with E-state index in [1.165, 1.54) is 6.08 Å². The molecule has 0 radical (unpaired) electrons. The highest BCUT2D eigenvalue weighted by molar-refractivity contribution is 7.88. The van der Waals surface area contributed by atoms with Crippen molar-refractivity contribution < 1.29 is 13.2 Å². The fourth-order valence-electron chi connectivity index (χ4n) is 0.721. The van der Waals surface area contributed by atoms with E-state index in [9.17, 15) is 13.2 Å². The van der Waals surface area contributed by atoms with Gasteiger partial charge in [0.1, 0.15) is 5.70 Å². The van der Waals surface area contributed by atoms with Gasteiger partial charge in [0.05, 0.1) is 6.26 Å². The third-order valence-electron chi connectivity index (χ3n) is 1.11. The van der Waals surface area contributed by atoms with Gasteiger partial charge in [0.2, 0.25) is 10.0 Å². The van der Waals surface area contributed by atoms with Crippen LogP contribution in [-0.2, 0) is 14.8 Å². The van der Waals surface area contributed by atoms with E-state index < -0.39 is 10.0 Å². The molecule has 0 aromatic rings. The van der Waals surface area contributed by atoms with Gasteiger partial charge < -0.3 is 5.32 Å². The summed E-state index contributed by atoms with van der Waals surface area (Å²) in [4.78, 5) is 10.7. The van der Waals surface area contributed by atoms with E-state index in [-0.39, 0.29) is 11.6 Å². The molecule has 5 nitrogen and oxygen atoms in total. The first-order valence-corrected chi connectivity index (χ1v) is 4.84. The summed E-state index contributed by atoms with van der Waals surface area (Å²) in [6.07, 6.45) is 2.49. The minimum atomic E-state index is -3.32. The van der Waals surface area contributed by atoms with Crippen LogP contribution >= 0.6 is 0 Å². The Morgan fingerprint density at radius 2 is 2.27 bits per heavy atom. The van der Waals surface area contributed by atoms with E-state index in [0.29, 0.717) is 6.54 Å². The van der Waals surface area contributed by atoms with Crippen molar-refractivity contribution in [3.05, 3.63) is 11.8 Å². The molecule has 0 aromatic carbocycles. The summed E-state index contributed by atoms with van der Waals surface area (Å²) in [5.74, 6) is -0.379. The van der Waals surface area contributed by atoms with Crippen LogP contribution in [0.15, 0.2) is 11.8 Å². The summed E-state index contributed by atoms with van der Waals surface area (Å²) in [5.41, 5.74) is 0.104. The molecule has 1 rings (SSSR count). The van der Waals surface area contributed by atoms with Gasteiger partial charge in [-0.2, -0.15) is 0 Å². The fourth-order valence-corrected chi connectivity index (χ4v) is 1.30. The van der Waals surface area contributed by atoms with Crippen LogP contribution < -0.4 is 10.0 Å². The molecule has 0 aromatic heterocycles. The molecule has 1 aliphatic rings. The number of rotatable bonds is 2. The van der Waals surface area contributed by atoms with E-state index in [2.05, 4.69) is 10.0 Å². The van der Waals surface area contributed by atoms with Crippen molar-refractivity contribution in [2.24, 2.45) is 0 Å². The van der Waals surface area contributed by atoms with Gasteiger partial charge in [-0.15, -0.1) is 0 Å². The molecule has 0 spiro atoms. The Hall–Kier alpha value is -1.04. The van der Waals surface area contributed by atoms with E-state index in [1.807, 2.05) is 0 Å². The topological polar surface area (TPSA) is 75.3 Å². The first kappa shape index (κ1) is 8.06. The van der Waals surface area contributed by atoms with Crippen molar-refractivity contribution in [2.75, 3.05) is 12.8 Å². The summed E-state index contributed by atoms with van der Waals surface area (Å²) < 4.78 is 23.3. The van der Waals surface area contributed by atoms with Crippen molar-refractivity contribution in [3.63, 3.8) is 0 Å². The molecule has 1 heterocycles. The second-order valence-electron chi connectivity index (χ2n) is 2.20. The Morgan fingerprint density at radius 3 is 2.64 bits per heavy atom. The van der Waals surface area contributed by atoms with Crippen LogP contribution in [0.2, 0.25) is 0 Å². The predicted molar refractivity (Wildman–Crippen MR) is 39.1 cm³/mol. The monoisotopic (exact) mass is 176 g/mol. The lowest BCUT2D eigenvalue weighted by atomic mass is 10.5. The van der Waals surface area contributed by atoms with Gasteiger partial charge in [0.25, 0.3) is 5.91 Å². The molecule has 0 bridgehead atoms. The molecular weight excluding hydrogens is 168 g/mol. The van der Waals surface area contributed by atoms with Crippen LogP contribution in [0, 0.1) is 0 Å². The maximum Gasteiger partial charge on any atom is 0.268 e. The van der Waals surface area contributed by atoms with Crippen LogP contribution in [-0.4, -0.2) is 27.1 Å². The van der Waals surface area contributed by atoms with Crippen molar-refractivity contribution in [2.45, 2.75) is 0 Å². The van der Waals surface area contributed by atoms with E-state index in [0.717, 1.165) is 6.26 Å². The highest BCUT2D eigenvalue weighted by atomic mass is 32.2. The lowest BCUT2D eigenvalue weighted by Crippen LogP contribution is -2.28. The standard InChI is InChI=1S/C5H8N2O3S/c1-11(9,10)7-4-2-3-6-5(4)8/h2,7H,3H2,1H3,(H,6,8). The first-order valence-electron chi connectivity index (χ1n) is 2.95. The summed E-state index contributed by atoms with van der Waals surface area (Å²) >= 11 is 0. The molecule has 0 unspecified atom stereocenters. The van der Waals surface area contributed by atoms with Crippen molar-refractivity contribution in [1.82, 2.24) is 10.0 Å². The lowest BCUT2D eigenvalue weighted by Gasteiger charge is -2.00. The third kappa shape index (κ3) is 2.23. The summed E-state index contributed by atoms with van der Waals surface area (Å²) in [6.45, 7) is 0.386. The number of sulfonamides is 1. The molecule has 11 heavy (non-hydrogen) atoms. The number of amides is 1. The van der Waals surface area contributed by atoms with E-state index in [4.69, 9.17) is 0 Å². The van der Waals surface area contributed by atoms with Gasteiger partial charge in [-0.3, -0.25) is 9.52 Å². The molecule has 0 saturated heterocycles. The number of hydrogen-bond acceptors (Lipinski definition) is 3. The molecule has 0 aliphatic carbocycles. The van der Waals surface area contributed by atoms with Gasteiger partial charge in [0, 0.05) is 6.54 Å². The van der Waals surface area contributed by atoms with Gasteiger partial charge in [-0.25, -0.2) is 8.42 Å². The highest BCUT2D eigenvalue weighted by Crippen LogP contribution is 1.97. The normalized spacial score (nSPS) is 17.5. The Kier molecular flexibility index (Phi) is 1.86. The maximum atomic E-state index is 10.7. The Morgan fingerprint density at radius 1 is 1.64 bits per heavy atom. The van der Waals surface area contributed by atoms with Crippen LogP contribution in [0.5, 0.6) is 0 Å². The Balaban J connectivity index is 2.72. The second-order valence-corrected chi connectivity index (χ2v) is 3.95. The van der Waals surface area contributed by atoms with Crippen LogP contribution in [0.25, 0.3) is 0 Å². The highest BCUT2D eigenvalue weighted by Gasteiger charge is 2.16. The van der Waals surface area contributed by atoms with Crippen molar-refractivity contribution in [3.8, 4) is 0 Å². The van der Waals surface area contributed by atoms with Gasteiger partial charge in [-0.05, 0) is 6.08 Å². The minimum absolute atomic E-state index is 0.104. The Bertz CT molecular complexity index is 304. The molecule has 1 aliphatic heterocycles. The van der Waals surface area contributed by atoms with Gasteiger partial charge in [0.15, 0.2) is 0 Å². The van der Waals surface area contributed by atoms with Crippen molar-refractivity contribution in [1.29, 1.82) is 0 Å². The number of hydrogen-bond donors (Lipinski definition) is 2. The molecule has 0 fully saturated rings. The molecule has 2 N–H and O–H groups in total. The minimum Gasteiger partial charge on any atom is -0.347 e. The third-order valence-corrected chi connectivity index (χ3v) is 1.70. The zero-order chi connectivity index (χ0) is 8.48. The molecule has 6 heteroatoms. The van der Waals surface area contributed by atoms with Crippen molar-refractivity contribution >= 4 is 15.9 Å². The zero-order valence-electron chi connectivity index (χ0n) is 5.92. The quantitative estimate of drug-likeness (QED) is 0.540. The number of carbonyl (C=O) groups is 1. The average Bonchev–Trinajstić information content (AvgIpc) is 2.12. The maximum absolute atomic E-state index is 10.7.